The van der Waals surface area contributed by atoms with Crippen LogP contribution in [0.25, 0.3) is 33.4 Å². The number of hydrogen-bond acceptors (Lipinski definition) is 6. The van der Waals surface area contributed by atoms with E-state index in [0.717, 1.165) is 33.1 Å². The van der Waals surface area contributed by atoms with Crippen LogP contribution >= 0.6 is 0 Å². The van der Waals surface area contributed by atoms with Gasteiger partial charge in [-0.05, 0) is 35.9 Å². The number of carboxylic acids is 2. The number of hydrogen-bond donors (Lipinski definition) is 2. The minimum Gasteiger partial charge on any atom is -0.495 e. The summed E-state index contributed by atoms with van der Waals surface area (Å²) in [6.07, 6.45) is 0. The van der Waals surface area contributed by atoms with Gasteiger partial charge in [-0.15, -0.1) is 0 Å². The van der Waals surface area contributed by atoms with E-state index in [1.165, 1.54) is 12.0 Å². The second kappa shape index (κ2) is 10.2. The van der Waals surface area contributed by atoms with Crippen LogP contribution in [0.1, 0.15) is 0 Å². The molecule has 0 unspecified atom stereocenters. The SMILES string of the molecule is COc1cc(-c2c3ccc(=[N+](C)C)cc-3oc3cc(N(C)C)ccc23)ccc1N(CC(=O)O)CC(=O)O. The lowest BCUT2D eigenvalue weighted by Crippen LogP contribution is -2.34. The van der Waals surface area contributed by atoms with Crippen LogP contribution in [0.4, 0.5) is 11.4 Å². The van der Waals surface area contributed by atoms with Crippen molar-refractivity contribution in [1.29, 1.82) is 0 Å². The molecule has 0 radical (unpaired) electrons. The quantitative estimate of drug-likeness (QED) is 0.278. The molecule has 1 heterocycles. The summed E-state index contributed by atoms with van der Waals surface area (Å²) in [5, 5.41) is 20.5. The summed E-state index contributed by atoms with van der Waals surface area (Å²) in [7, 11) is 9.35. The van der Waals surface area contributed by atoms with Gasteiger partial charge in [0, 0.05) is 48.4 Å². The molecule has 0 aromatic heterocycles. The number of fused-ring (bicyclic) bond motifs is 2. The van der Waals surface area contributed by atoms with Gasteiger partial charge in [-0.1, -0.05) is 6.07 Å². The Kier molecular flexibility index (Phi) is 7.06. The van der Waals surface area contributed by atoms with Crippen molar-refractivity contribution in [2.24, 2.45) is 0 Å². The van der Waals surface area contributed by atoms with E-state index >= 15 is 0 Å². The van der Waals surface area contributed by atoms with Gasteiger partial charge in [-0.2, -0.15) is 0 Å². The monoisotopic (exact) mass is 504 g/mol. The third-order valence-corrected chi connectivity index (χ3v) is 6.18. The Morgan fingerprint density at radius 3 is 2.24 bits per heavy atom. The number of aliphatic carboxylic acids is 2. The Balaban J connectivity index is 1.99. The van der Waals surface area contributed by atoms with Crippen LogP contribution in [0.15, 0.2) is 59.0 Å². The predicted molar refractivity (Wildman–Crippen MR) is 144 cm³/mol. The standard InChI is InChI=1S/C28H29N3O6/c1-29(2)18-7-9-20-23(13-18)37-24-14-19(30(3)4)8-10-21(24)28(20)17-6-11-22(25(12-17)36-5)31(15-26(32)33)16-27(34)35/h6-14H,15-16H2,1-5H3,(H-,32,33,34,35)/p+1. The first-order valence-electron chi connectivity index (χ1n) is 11.6. The topological polar surface area (TPSA) is 106 Å². The maximum absolute atomic E-state index is 11.4. The summed E-state index contributed by atoms with van der Waals surface area (Å²) >= 11 is 0. The molecule has 0 bridgehead atoms. The van der Waals surface area contributed by atoms with E-state index in [1.807, 2.05) is 80.1 Å². The van der Waals surface area contributed by atoms with Gasteiger partial charge in [-0.3, -0.25) is 9.59 Å². The van der Waals surface area contributed by atoms with Crippen molar-refractivity contribution in [3.8, 4) is 28.2 Å². The van der Waals surface area contributed by atoms with E-state index in [4.69, 9.17) is 9.15 Å². The Hall–Kier alpha value is -4.53. The maximum atomic E-state index is 11.4. The summed E-state index contributed by atoms with van der Waals surface area (Å²) < 4.78 is 14.0. The first-order chi connectivity index (χ1) is 17.6. The van der Waals surface area contributed by atoms with Gasteiger partial charge in [0.25, 0.3) is 0 Å². The number of anilines is 2. The van der Waals surface area contributed by atoms with Gasteiger partial charge in [0.05, 0.1) is 18.9 Å². The number of carboxylic acid groups (broad SMARTS) is 2. The second-order valence-electron chi connectivity index (χ2n) is 9.16. The highest BCUT2D eigenvalue weighted by atomic mass is 16.5. The molecule has 0 saturated carbocycles. The molecule has 0 fully saturated rings. The number of ether oxygens (including phenoxy) is 1. The number of carbonyl (C=O) groups is 2. The predicted octanol–water partition coefficient (Wildman–Crippen LogP) is 3.29. The number of nitrogens with zero attached hydrogens (tertiary/aromatic N) is 3. The lowest BCUT2D eigenvalue weighted by atomic mass is 9.93. The molecule has 1 aliphatic heterocycles. The molecular formula is C28H30N3O6+. The fraction of sp³-hybridized carbons (Fsp3) is 0.250. The van der Waals surface area contributed by atoms with Gasteiger partial charge in [0.2, 0.25) is 5.36 Å². The molecule has 192 valence electrons. The summed E-state index contributed by atoms with van der Waals surface area (Å²) in [6, 6.07) is 17.4. The van der Waals surface area contributed by atoms with Crippen LogP contribution < -0.4 is 24.5 Å². The summed E-state index contributed by atoms with van der Waals surface area (Å²) in [5.74, 6) is -1.19. The Morgan fingerprint density at radius 1 is 0.946 bits per heavy atom. The molecule has 0 atom stereocenters. The van der Waals surface area contributed by atoms with E-state index in [-0.39, 0.29) is 0 Å². The Morgan fingerprint density at radius 2 is 1.65 bits per heavy atom. The van der Waals surface area contributed by atoms with Gasteiger partial charge in [-0.25, -0.2) is 4.58 Å². The van der Waals surface area contributed by atoms with Crippen molar-refractivity contribution in [3.05, 3.63) is 60.0 Å². The third kappa shape index (κ3) is 5.20. The highest BCUT2D eigenvalue weighted by Gasteiger charge is 2.22. The van der Waals surface area contributed by atoms with E-state index in [2.05, 4.69) is 0 Å². The molecule has 9 heteroatoms. The normalized spacial score (nSPS) is 10.9. The first kappa shape index (κ1) is 25.6. The van der Waals surface area contributed by atoms with Crippen molar-refractivity contribution >= 4 is 34.3 Å². The number of benzene rings is 3. The Bertz CT molecular complexity index is 1520. The second-order valence-corrected chi connectivity index (χ2v) is 9.16. The lowest BCUT2D eigenvalue weighted by molar-refractivity contribution is -0.136. The summed E-state index contributed by atoms with van der Waals surface area (Å²) in [6.45, 7) is -0.947. The molecular weight excluding hydrogens is 474 g/mol. The molecule has 2 aromatic carbocycles. The number of methoxy groups -OCH3 is 1. The van der Waals surface area contributed by atoms with Gasteiger partial charge in [0.15, 0.2) is 0 Å². The van der Waals surface area contributed by atoms with Gasteiger partial charge < -0.3 is 29.2 Å². The molecule has 2 N–H and O–H groups in total. The lowest BCUT2D eigenvalue weighted by Gasteiger charge is -2.24. The van der Waals surface area contributed by atoms with Crippen LogP contribution in [-0.4, -0.2) is 70.5 Å². The highest BCUT2D eigenvalue weighted by molar-refractivity contribution is 6.03. The van der Waals surface area contributed by atoms with E-state index < -0.39 is 25.0 Å². The maximum Gasteiger partial charge on any atom is 0.323 e. The van der Waals surface area contributed by atoms with Crippen molar-refractivity contribution in [1.82, 2.24) is 4.58 Å². The van der Waals surface area contributed by atoms with Crippen LogP contribution in [-0.2, 0) is 9.59 Å². The van der Waals surface area contributed by atoms with Crippen molar-refractivity contribution in [2.45, 2.75) is 0 Å². The van der Waals surface area contributed by atoms with Crippen molar-refractivity contribution in [2.75, 3.05) is 58.2 Å². The van der Waals surface area contributed by atoms with E-state index in [0.29, 0.717) is 22.8 Å². The fourth-order valence-electron chi connectivity index (χ4n) is 4.38. The largest absolute Gasteiger partial charge is 0.495 e. The van der Waals surface area contributed by atoms with Crippen LogP contribution in [0.3, 0.4) is 0 Å². The summed E-state index contributed by atoms with van der Waals surface area (Å²) in [4.78, 5) is 26.1. The molecule has 0 spiro atoms. The average molecular weight is 505 g/mol. The fourth-order valence-corrected chi connectivity index (χ4v) is 4.38. The van der Waals surface area contributed by atoms with Crippen LogP contribution in [0, 0.1) is 0 Å². The van der Waals surface area contributed by atoms with Crippen LogP contribution in [0.2, 0.25) is 0 Å². The molecule has 9 nitrogen and oxygen atoms in total. The zero-order valence-corrected chi connectivity index (χ0v) is 21.5. The first-order valence-corrected chi connectivity index (χ1v) is 11.6. The molecule has 0 amide bonds. The third-order valence-electron chi connectivity index (χ3n) is 6.18. The van der Waals surface area contributed by atoms with E-state index in [1.54, 1.807) is 12.1 Å². The molecule has 2 aliphatic rings. The molecule has 0 saturated heterocycles. The molecule has 2 aromatic rings. The van der Waals surface area contributed by atoms with Gasteiger partial charge in [0.1, 0.15) is 44.3 Å². The van der Waals surface area contributed by atoms with Gasteiger partial charge >= 0.3 is 11.9 Å². The van der Waals surface area contributed by atoms with E-state index in [9.17, 15) is 19.8 Å². The average Bonchev–Trinajstić information content (AvgIpc) is 2.85. The molecule has 37 heavy (non-hydrogen) atoms. The zero-order chi connectivity index (χ0) is 26.9. The molecule has 4 rings (SSSR count). The minimum absolute atomic E-state index is 0.372. The smallest absolute Gasteiger partial charge is 0.323 e. The van der Waals surface area contributed by atoms with Crippen molar-refractivity contribution in [3.63, 3.8) is 0 Å². The zero-order valence-electron chi connectivity index (χ0n) is 21.5. The Labute approximate surface area is 214 Å². The summed E-state index contributed by atoms with van der Waals surface area (Å²) in [5.41, 5.74) is 4.75. The highest BCUT2D eigenvalue weighted by Crippen LogP contribution is 2.43. The molecule has 1 aliphatic carbocycles. The minimum atomic E-state index is -1.14. The van der Waals surface area contributed by atoms with Crippen LogP contribution in [0.5, 0.6) is 5.75 Å². The van der Waals surface area contributed by atoms with Crippen molar-refractivity contribution < 1.29 is 29.0 Å². The number of rotatable bonds is 8.